The molecule has 0 bridgehead atoms. The Bertz CT molecular complexity index is 1960. The van der Waals surface area contributed by atoms with Crippen LogP contribution in [0.1, 0.15) is 66.4 Å². The second-order valence-electron chi connectivity index (χ2n) is 11.8. The second kappa shape index (κ2) is 15.3. The van der Waals surface area contributed by atoms with Crippen LogP contribution in [0, 0.1) is 13.8 Å². The Morgan fingerprint density at radius 1 is 0.812 bits per heavy atom. The standard InChI is InChI=1S/C41H38N4.C3H6/c1-6-29(3)41(35-16-10-8-11-17-35,36-18-12-9-13-19-36)45-31(5)39(40(44-45)38-20-14-15-30(4)43-38)34-25-26-37(42-28-27-34)33-23-21-32(7-2)22-24-33;1-3-2/h6-25,27-28H,2,26H2,1,3-5H3;3H,1H2,2H3/b29-6+;. The van der Waals surface area contributed by atoms with Crippen molar-refractivity contribution in [2.45, 2.75) is 46.6 Å². The fourth-order valence-electron chi connectivity index (χ4n) is 6.35. The summed E-state index contributed by atoms with van der Waals surface area (Å²) >= 11 is 0. The Kier molecular flexibility index (Phi) is 10.8. The Hall–Kier alpha value is -5.61. The van der Waals surface area contributed by atoms with Crippen LogP contribution in [0.25, 0.3) is 23.0 Å². The van der Waals surface area contributed by atoms with Crippen molar-refractivity contribution in [1.29, 1.82) is 0 Å². The molecule has 3 aromatic carbocycles. The van der Waals surface area contributed by atoms with Crippen LogP contribution in [0.3, 0.4) is 0 Å². The molecule has 0 radical (unpaired) electrons. The summed E-state index contributed by atoms with van der Waals surface area (Å²) in [4.78, 5) is 9.84. The molecule has 0 saturated carbocycles. The molecule has 0 N–H and O–H groups in total. The van der Waals surface area contributed by atoms with E-state index in [1.165, 1.54) is 5.57 Å². The molecule has 0 aliphatic carbocycles. The van der Waals surface area contributed by atoms with E-state index in [9.17, 15) is 0 Å². The van der Waals surface area contributed by atoms with E-state index < -0.39 is 5.54 Å². The molecule has 0 amide bonds. The summed E-state index contributed by atoms with van der Waals surface area (Å²) in [6.07, 6.45) is 12.8. The van der Waals surface area contributed by atoms with E-state index in [1.54, 1.807) is 6.08 Å². The minimum absolute atomic E-state index is 0.679. The molecule has 1 aliphatic rings. The van der Waals surface area contributed by atoms with Crippen molar-refractivity contribution in [3.05, 3.63) is 192 Å². The largest absolute Gasteiger partial charge is 0.260 e. The number of benzene rings is 3. The fraction of sp³-hybridized carbons (Fsp3) is 0.159. The first-order valence-electron chi connectivity index (χ1n) is 16.4. The van der Waals surface area contributed by atoms with E-state index in [-0.39, 0.29) is 0 Å². The Labute approximate surface area is 286 Å². The average molecular weight is 629 g/mol. The first kappa shape index (κ1) is 33.7. The van der Waals surface area contributed by atoms with Crippen molar-refractivity contribution < 1.29 is 0 Å². The van der Waals surface area contributed by atoms with E-state index in [2.05, 4.69) is 154 Å². The fourth-order valence-corrected chi connectivity index (χ4v) is 6.35. The van der Waals surface area contributed by atoms with Crippen molar-refractivity contribution in [3.63, 3.8) is 0 Å². The summed E-state index contributed by atoms with van der Waals surface area (Å²) in [5.74, 6) is 0. The zero-order valence-electron chi connectivity index (χ0n) is 28.7. The van der Waals surface area contributed by atoms with Crippen LogP contribution < -0.4 is 0 Å². The van der Waals surface area contributed by atoms with E-state index >= 15 is 0 Å². The van der Waals surface area contributed by atoms with Crippen LogP contribution in [0.5, 0.6) is 0 Å². The van der Waals surface area contributed by atoms with Crippen LogP contribution in [-0.2, 0) is 5.54 Å². The normalized spacial score (nSPS) is 13.1. The maximum absolute atomic E-state index is 5.51. The first-order chi connectivity index (χ1) is 23.4. The molecule has 5 aromatic rings. The highest BCUT2D eigenvalue weighted by Gasteiger charge is 2.41. The summed E-state index contributed by atoms with van der Waals surface area (Å²) in [5, 5.41) is 5.51. The number of rotatable bonds is 8. The smallest absolute Gasteiger partial charge is 0.134 e. The number of aliphatic imine (C=N–C) groups is 1. The molecule has 6 rings (SSSR count). The maximum atomic E-state index is 5.51. The number of allylic oxidation sites excluding steroid dienone is 6. The highest BCUT2D eigenvalue weighted by atomic mass is 15.3. The average Bonchev–Trinajstić information content (AvgIpc) is 3.29. The number of pyridine rings is 1. The van der Waals surface area contributed by atoms with E-state index in [0.717, 1.165) is 61.9 Å². The van der Waals surface area contributed by atoms with Crippen LogP contribution in [0.15, 0.2) is 157 Å². The van der Waals surface area contributed by atoms with Gasteiger partial charge in [0.05, 0.1) is 11.4 Å². The van der Waals surface area contributed by atoms with Gasteiger partial charge in [0.25, 0.3) is 0 Å². The van der Waals surface area contributed by atoms with Gasteiger partial charge < -0.3 is 0 Å². The van der Waals surface area contributed by atoms with Gasteiger partial charge in [-0.05, 0) is 86.2 Å². The molecule has 3 heterocycles. The predicted octanol–water partition coefficient (Wildman–Crippen LogP) is 10.9. The summed E-state index contributed by atoms with van der Waals surface area (Å²) in [6.45, 7) is 17.7. The summed E-state index contributed by atoms with van der Waals surface area (Å²) in [5.41, 5.74) is 11.8. The maximum Gasteiger partial charge on any atom is 0.134 e. The van der Waals surface area contributed by atoms with Gasteiger partial charge in [-0.15, -0.1) is 6.58 Å². The molecule has 1 aliphatic heterocycles. The zero-order valence-corrected chi connectivity index (χ0v) is 28.7. The molecule has 240 valence electrons. The van der Waals surface area contributed by atoms with Gasteiger partial charge in [-0.1, -0.05) is 122 Å². The molecular weight excluding hydrogens is 585 g/mol. The highest BCUT2D eigenvalue weighted by Crippen LogP contribution is 2.44. The van der Waals surface area contributed by atoms with Gasteiger partial charge in [-0.2, -0.15) is 5.10 Å². The van der Waals surface area contributed by atoms with Crippen molar-refractivity contribution in [2.75, 3.05) is 0 Å². The predicted molar refractivity (Wildman–Crippen MR) is 204 cm³/mol. The number of hydrogen-bond acceptors (Lipinski definition) is 3. The van der Waals surface area contributed by atoms with Crippen molar-refractivity contribution >= 4 is 17.4 Å². The zero-order chi connectivity index (χ0) is 34.1. The molecule has 0 spiro atoms. The number of aryl methyl sites for hydroxylation is 1. The lowest BCUT2D eigenvalue weighted by Crippen LogP contribution is -2.39. The van der Waals surface area contributed by atoms with Crippen molar-refractivity contribution in [1.82, 2.24) is 14.8 Å². The molecule has 48 heavy (non-hydrogen) atoms. The Morgan fingerprint density at radius 3 is 2.00 bits per heavy atom. The minimum atomic E-state index is -0.679. The second-order valence-corrected chi connectivity index (χ2v) is 11.8. The van der Waals surface area contributed by atoms with Gasteiger partial charge in [-0.3, -0.25) is 9.98 Å². The van der Waals surface area contributed by atoms with Crippen molar-refractivity contribution in [2.24, 2.45) is 4.99 Å². The minimum Gasteiger partial charge on any atom is -0.260 e. The van der Waals surface area contributed by atoms with Crippen molar-refractivity contribution in [3.8, 4) is 11.4 Å². The molecule has 0 saturated heterocycles. The number of aromatic nitrogens is 3. The Balaban J connectivity index is 0.00000145. The van der Waals surface area contributed by atoms with Gasteiger partial charge in [0.2, 0.25) is 0 Å². The van der Waals surface area contributed by atoms with E-state index in [0.29, 0.717) is 6.42 Å². The third-order valence-electron chi connectivity index (χ3n) is 8.72. The molecule has 2 aromatic heterocycles. The monoisotopic (exact) mass is 628 g/mol. The number of nitrogens with zero attached hydrogens (tertiary/aromatic N) is 4. The van der Waals surface area contributed by atoms with Gasteiger partial charge in [0.15, 0.2) is 0 Å². The molecule has 4 heteroatoms. The lowest BCUT2D eigenvalue weighted by atomic mass is 9.77. The third kappa shape index (κ3) is 6.61. The highest BCUT2D eigenvalue weighted by molar-refractivity contribution is 6.03. The van der Waals surface area contributed by atoms with Gasteiger partial charge >= 0.3 is 0 Å². The van der Waals surface area contributed by atoms with Gasteiger partial charge in [-0.25, -0.2) is 4.68 Å². The first-order valence-corrected chi connectivity index (χ1v) is 16.4. The van der Waals surface area contributed by atoms with E-state index in [4.69, 9.17) is 15.1 Å². The SMILES string of the molecule is C=CC.C=Cc1ccc(C2=NC=CC(c3c(-c4cccc(C)n4)nn(C(/C(C)=C/C)(c4ccccc4)c4ccccc4)c3C)=CC2)cc1. The van der Waals surface area contributed by atoms with Gasteiger partial charge in [0.1, 0.15) is 11.2 Å². The third-order valence-corrected chi connectivity index (χ3v) is 8.72. The Morgan fingerprint density at radius 2 is 1.44 bits per heavy atom. The quantitative estimate of drug-likeness (QED) is 0.160. The van der Waals surface area contributed by atoms with E-state index in [1.807, 2.05) is 32.2 Å². The molecule has 0 fully saturated rings. The molecular formula is C44H44N4. The van der Waals surface area contributed by atoms with Crippen LogP contribution in [-0.4, -0.2) is 20.5 Å². The van der Waals surface area contributed by atoms with Crippen LogP contribution in [0.2, 0.25) is 0 Å². The topological polar surface area (TPSA) is 43.1 Å². The molecule has 4 nitrogen and oxygen atoms in total. The summed E-state index contributed by atoms with van der Waals surface area (Å²) in [7, 11) is 0. The van der Waals surface area contributed by atoms with Crippen LogP contribution >= 0.6 is 0 Å². The number of hydrogen-bond donors (Lipinski definition) is 0. The summed E-state index contributed by atoms with van der Waals surface area (Å²) in [6, 6.07) is 35.9. The molecule has 0 atom stereocenters. The molecule has 0 unspecified atom stereocenters. The lowest BCUT2D eigenvalue weighted by molar-refractivity contribution is 0.440. The summed E-state index contributed by atoms with van der Waals surface area (Å²) < 4.78 is 2.22. The van der Waals surface area contributed by atoms with Crippen LogP contribution in [0.4, 0.5) is 0 Å². The lowest BCUT2D eigenvalue weighted by Gasteiger charge is -2.38. The van der Waals surface area contributed by atoms with Gasteiger partial charge in [0, 0.05) is 29.6 Å².